The molecule has 1 fully saturated rings. The molecule has 2 aromatic rings. The summed E-state index contributed by atoms with van der Waals surface area (Å²) >= 11 is 0. The van der Waals surface area contributed by atoms with E-state index in [9.17, 15) is 4.79 Å². The van der Waals surface area contributed by atoms with Crippen LogP contribution in [0.25, 0.3) is 0 Å². The van der Waals surface area contributed by atoms with Crippen LogP contribution in [-0.4, -0.2) is 54.5 Å². The van der Waals surface area contributed by atoms with Crippen LogP contribution in [0.3, 0.4) is 0 Å². The van der Waals surface area contributed by atoms with Gasteiger partial charge in [-0.3, -0.25) is 9.69 Å². The van der Waals surface area contributed by atoms with Crippen molar-refractivity contribution in [1.82, 2.24) is 9.80 Å². The van der Waals surface area contributed by atoms with Crippen LogP contribution in [0.2, 0.25) is 0 Å². The molecule has 26 heavy (non-hydrogen) atoms. The molecule has 2 aromatic carbocycles. The van der Waals surface area contributed by atoms with Gasteiger partial charge in [0, 0.05) is 46.1 Å². The topological polar surface area (TPSA) is 32.8 Å². The predicted octanol–water partition coefficient (Wildman–Crippen LogP) is 2.75. The van der Waals surface area contributed by atoms with Crippen LogP contribution in [0, 0.1) is 0 Å². The zero-order valence-corrected chi connectivity index (χ0v) is 15.4. The zero-order valence-electron chi connectivity index (χ0n) is 15.4. The number of hydrogen-bond acceptors (Lipinski definition) is 3. The third-order valence-corrected chi connectivity index (χ3v) is 5.40. The van der Waals surface area contributed by atoms with Gasteiger partial charge >= 0.3 is 0 Å². The lowest BCUT2D eigenvalue weighted by Crippen LogP contribution is -2.50. The lowest BCUT2D eigenvalue weighted by atomic mass is 10.0. The Labute approximate surface area is 155 Å². The highest BCUT2D eigenvalue weighted by Crippen LogP contribution is 2.30. The van der Waals surface area contributed by atoms with Crippen molar-refractivity contribution in [2.75, 3.05) is 32.7 Å². The van der Waals surface area contributed by atoms with Crippen LogP contribution in [0.15, 0.2) is 48.5 Å². The van der Waals surface area contributed by atoms with Crippen LogP contribution in [0.5, 0.6) is 5.75 Å². The Bertz CT molecular complexity index is 767. The molecule has 0 bridgehead atoms. The van der Waals surface area contributed by atoms with E-state index in [2.05, 4.69) is 53.4 Å². The molecule has 0 N–H and O–H groups in total. The number of rotatable bonds is 4. The Hall–Kier alpha value is -2.33. The summed E-state index contributed by atoms with van der Waals surface area (Å²) in [5.41, 5.74) is 4.01. The molecule has 1 atom stereocenters. The van der Waals surface area contributed by atoms with Gasteiger partial charge in [0.2, 0.25) is 5.91 Å². The third kappa shape index (κ3) is 3.91. The minimum atomic E-state index is 0.181. The van der Waals surface area contributed by atoms with Crippen LogP contribution < -0.4 is 4.74 Å². The fraction of sp³-hybridized carbons (Fsp3) is 0.409. The summed E-state index contributed by atoms with van der Waals surface area (Å²) in [7, 11) is 0. The van der Waals surface area contributed by atoms with Crippen molar-refractivity contribution in [2.45, 2.75) is 25.9 Å². The maximum atomic E-state index is 11.4. The van der Waals surface area contributed by atoms with Crippen molar-refractivity contribution in [3.63, 3.8) is 0 Å². The largest absolute Gasteiger partial charge is 0.488 e. The molecule has 1 saturated heterocycles. The molecular formula is C22H26N2O2. The smallest absolute Gasteiger partial charge is 0.219 e. The Balaban J connectivity index is 1.33. The lowest BCUT2D eigenvalue weighted by Gasteiger charge is -2.35. The van der Waals surface area contributed by atoms with Gasteiger partial charge in [-0.05, 0) is 29.2 Å². The maximum Gasteiger partial charge on any atom is 0.219 e. The molecule has 1 unspecified atom stereocenters. The average molecular weight is 350 g/mol. The maximum absolute atomic E-state index is 11.4. The van der Waals surface area contributed by atoms with Gasteiger partial charge in [0.15, 0.2) is 0 Å². The number of nitrogens with zero attached hydrogens (tertiary/aromatic N) is 2. The molecule has 4 nitrogen and oxygen atoms in total. The van der Waals surface area contributed by atoms with Gasteiger partial charge in [0.05, 0.1) is 0 Å². The number of hydrogen-bond donors (Lipinski definition) is 0. The summed E-state index contributed by atoms with van der Waals surface area (Å²) in [4.78, 5) is 15.8. The Morgan fingerprint density at radius 3 is 2.54 bits per heavy atom. The summed E-state index contributed by atoms with van der Waals surface area (Å²) in [6.45, 7) is 6.13. The van der Waals surface area contributed by atoms with E-state index in [0.29, 0.717) is 0 Å². The number of amides is 1. The standard InChI is InChI=1S/C22H26N2O2/c1-17(25)24-11-9-23(10-12-24)16-21-15-20-14-19(7-8-22(20)26-21)13-18-5-3-2-4-6-18/h2-8,14,21H,9-13,15-16H2,1H3. The van der Waals surface area contributed by atoms with E-state index in [4.69, 9.17) is 4.74 Å². The highest BCUT2D eigenvalue weighted by molar-refractivity contribution is 5.73. The molecule has 2 aliphatic heterocycles. The van der Waals surface area contributed by atoms with Gasteiger partial charge in [-0.25, -0.2) is 0 Å². The second-order valence-corrected chi connectivity index (χ2v) is 7.36. The molecule has 4 heteroatoms. The summed E-state index contributed by atoms with van der Waals surface area (Å²) in [6, 6.07) is 17.2. The summed E-state index contributed by atoms with van der Waals surface area (Å²) in [6.07, 6.45) is 2.16. The lowest BCUT2D eigenvalue weighted by molar-refractivity contribution is -0.130. The van der Waals surface area contributed by atoms with Crippen molar-refractivity contribution in [1.29, 1.82) is 0 Å². The van der Waals surface area contributed by atoms with Crippen LogP contribution in [0.4, 0.5) is 0 Å². The molecule has 1 amide bonds. The van der Waals surface area contributed by atoms with E-state index in [1.165, 1.54) is 16.7 Å². The molecule has 136 valence electrons. The van der Waals surface area contributed by atoms with Gasteiger partial charge in [-0.2, -0.15) is 0 Å². The molecule has 0 saturated carbocycles. The molecule has 0 aliphatic carbocycles. The first-order chi connectivity index (χ1) is 12.7. The summed E-state index contributed by atoms with van der Waals surface area (Å²) in [5, 5.41) is 0. The first-order valence-corrected chi connectivity index (χ1v) is 9.47. The normalized spacial score (nSPS) is 19.9. The SMILES string of the molecule is CC(=O)N1CCN(CC2Cc3cc(Cc4ccccc4)ccc3O2)CC1. The number of carbonyl (C=O) groups excluding carboxylic acids is 1. The quantitative estimate of drug-likeness (QED) is 0.850. The van der Waals surface area contributed by atoms with Crippen molar-refractivity contribution in [3.8, 4) is 5.75 Å². The second-order valence-electron chi connectivity index (χ2n) is 7.36. The van der Waals surface area contributed by atoms with Crippen molar-refractivity contribution in [2.24, 2.45) is 0 Å². The first kappa shape index (κ1) is 17.1. The Morgan fingerprint density at radius 1 is 1.04 bits per heavy atom. The number of fused-ring (bicyclic) bond motifs is 1. The van der Waals surface area contributed by atoms with E-state index in [-0.39, 0.29) is 12.0 Å². The molecule has 0 radical (unpaired) electrons. The van der Waals surface area contributed by atoms with Gasteiger partial charge in [-0.1, -0.05) is 42.5 Å². The third-order valence-electron chi connectivity index (χ3n) is 5.40. The van der Waals surface area contributed by atoms with Crippen molar-refractivity contribution < 1.29 is 9.53 Å². The molecule has 0 spiro atoms. The van der Waals surface area contributed by atoms with E-state index < -0.39 is 0 Å². The molecule has 0 aromatic heterocycles. The number of benzene rings is 2. The molecule has 2 heterocycles. The zero-order chi connectivity index (χ0) is 17.9. The molecule has 2 aliphatic rings. The Kier molecular flexibility index (Phi) is 4.93. The highest BCUT2D eigenvalue weighted by Gasteiger charge is 2.27. The number of ether oxygens (including phenoxy) is 1. The summed E-state index contributed by atoms with van der Waals surface area (Å²) in [5.74, 6) is 1.22. The summed E-state index contributed by atoms with van der Waals surface area (Å²) < 4.78 is 6.17. The Morgan fingerprint density at radius 2 is 1.81 bits per heavy atom. The first-order valence-electron chi connectivity index (χ1n) is 9.47. The number of piperazine rings is 1. The fourth-order valence-electron chi connectivity index (χ4n) is 3.95. The average Bonchev–Trinajstić information content (AvgIpc) is 3.04. The van der Waals surface area contributed by atoms with Gasteiger partial charge < -0.3 is 9.64 Å². The highest BCUT2D eigenvalue weighted by atomic mass is 16.5. The minimum absolute atomic E-state index is 0.181. The fourth-order valence-corrected chi connectivity index (χ4v) is 3.95. The van der Waals surface area contributed by atoms with Crippen molar-refractivity contribution >= 4 is 5.91 Å². The van der Waals surface area contributed by atoms with E-state index in [1.807, 2.05) is 4.90 Å². The minimum Gasteiger partial charge on any atom is -0.488 e. The van der Waals surface area contributed by atoms with Gasteiger partial charge in [0.25, 0.3) is 0 Å². The van der Waals surface area contributed by atoms with Gasteiger partial charge in [-0.15, -0.1) is 0 Å². The molecule has 4 rings (SSSR count). The van der Waals surface area contributed by atoms with E-state index in [1.54, 1.807) is 6.92 Å². The number of carbonyl (C=O) groups is 1. The van der Waals surface area contributed by atoms with Gasteiger partial charge in [0.1, 0.15) is 11.9 Å². The predicted molar refractivity (Wildman–Crippen MR) is 103 cm³/mol. The van der Waals surface area contributed by atoms with E-state index in [0.717, 1.165) is 51.3 Å². The van der Waals surface area contributed by atoms with E-state index >= 15 is 0 Å². The van der Waals surface area contributed by atoms with Crippen LogP contribution >= 0.6 is 0 Å². The monoisotopic (exact) mass is 350 g/mol. The molecular weight excluding hydrogens is 324 g/mol. The van der Waals surface area contributed by atoms with Crippen LogP contribution in [0.1, 0.15) is 23.6 Å². The second kappa shape index (κ2) is 7.50. The van der Waals surface area contributed by atoms with Crippen LogP contribution in [-0.2, 0) is 17.6 Å². The van der Waals surface area contributed by atoms with Crippen molar-refractivity contribution in [3.05, 3.63) is 65.2 Å².